The number of hydrogen-bond donors (Lipinski definition) is 2. The van der Waals surface area contributed by atoms with E-state index in [0.717, 1.165) is 29.7 Å². The molecule has 0 aliphatic carbocycles. The molecule has 3 amide bonds. The highest BCUT2D eigenvalue weighted by Crippen LogP contribution is 2.31. The quantitative estimate of drug-likeness (QED) is 0.776. The molecule has 0 bridgehead atoms. The molecule has 0 spiro atoms. The molecule has 28 heavy (non-hydrogen) atoms. The second-order valence-electron chi connectivity index (χ2n) is 7.18. The van der Waals surface area contributed by atoms with E-state index in [1.165, 1.54) is 0 Å². The van der Waals surface area contributed by atoms with Crippen LogP contribution in [0.3, 0.4) is 0 Å². The Kier molecular flexibility index (Phi) is 6.13. The lowest BCUT2D eigenvalue weighted by atomic mass is 9.99. The molecule has 2 heterocycles. The molecule has 7 heteroatoms. The Morgan fingerprint density at radius 2 is 2.00 bits per heavy atom. The number of anilines is 2. The number of furan rings is 1. The van der Waals surface area contributed by atoms with Crippen LogP contribution < -0.4 is 15.5 Å². The minimum absolute atomic E-state index is 0.0569. The molecule has 0 unspecified atom stereocenters. The predicted octanol–water partition coefficient (Wildman–Crippen LogP) is 2.51. The van der Waals surface area contributed by atoms with Crippen molar-refractivity contribution >= 4 is 29.1 Å². The Hall–Kier alpha value is -3.09. The van der Waals surface area contributed by atoms with Crippen molar-refractivity contribution in [3.8, 4) is 0 Å². The van der Waals surface area contributed by atoms with Crippen LogP contribution in [0, 0.1) is 5.92 Å². The molecule has 0 saturated heterocycles. The van der Waals surface area contributed by atoms with Gasteiger partial charge in [-0.2, -0.15) is 0 Å². The summed E-state index contributed by atoms with van der Waals surface area (Å²) in [6.07, 6.45) is 5.55. The standard InChI is InChI=1S/C21H25N3O4/c1-14(2)21(27)24-10-3-4-16-5-6-17(12-18(16)24)23-20(26)19(25)22-9-7-15-8-11-28-13-15/h5-6,8,11-14H,3-4,7,9-10H2,1-2H3,(H,22,25)(H,23,26). The first-order chi connectivity index (χ1) is 13.5. The first kappa shape index (κ1) is 19.7. The molecule has 1 aliphatic rings. The molecule has 2 N–H and O–H groups in total. The summed E-state index contributed by atoms with van der Waals surface area (Å²) in [6.45, 7) is 4.74. The van der Waals surface area contributed by atoms with Gasteiger partial charge in [-0.15, -0.1) is 0 Å². The van der Waals surface area contributed by atoms with E-state index in [2.05, 4.69) is 10.6 Å². The summed E-state index contributed by atoms with van der Waals surface area (Å²) in [5.74, 6) is -1.48. The SMILES string of the molecule is CC(C)C(=O)N1CCCc2ccc(NC(=O)C(=O)NCCc3ccoc3)cc21. The van der Waals surface area contributed by atoms with Gasteiger partial charge in [0.15, 0.2) is 0 Å². The maximum Gasteiger partial charge on any atom is 0.313 e. The van der Waals surface area contributed by atoms with Gasteiger partial charge in [0, 0.05) is 30.4 Å². The molecule has 1 aliphatic heterocycles. The van der Waals surface area contributed by atoms with E-state index >= 15 is 0 Å². The fraction of sp³-hybridized carbons (Fsp3) is 0.381. The number of carbonyl (C=O) groups excluding carboxylic acids is 3. The monoisotopic (exact) mass is 383 g/mol. The first-order valence-corrected chi connectivity index (χ1v) is 9.50. The number of nitrogens with one attached hydrogen (secondary N) is 2. The minimum Gasteiger partial charge on any atom is -0.472 e. The van der Waals surface area contributed by atoms with Gasteiger partial charge in [0.2, 0.25) is 5.91 Å². The Balaban J connectivity index is 1.62. The van der Waals surface area contributed by atoms with Gasteiger partial charge in [-0.3, -0.25) is 14.4 Å². The van der Waals surface area contributed by atoms with E-state index in [9.17, 15) is 14.4 Å². The van der Waals surface area contributed by atoms with Gasteiger partial charge in [-0.25, -0.2) is 0 Å². The number of nitrogens with zero attached hydrogens (tertiary/aromatic N) is 1. The topological polar surface area (TPSA) is 91.7 Å². The van der Waals surface area contributed by atoms with Gasteiger partial charge in [-0.1, -0.05) is 19.9 Å². The highest BCUT2D eigenvalue weighted by Gasteiger charge is 2.25. The molecule has 2 aromatic rings. The number of rotatable bonds is 5. The Labute approximate surface area is 164 Å². The van der Waals surface area contributed by atoms with Crippen molar-refractivity contribution in [2.24, 2.45) is 5.92 Å². The first-order valence-electron chi connectivity index (χ1n) is 9.50. The van der Waals surface area contributed by atoms with E-state index in [4.69, 9.17) is 4.42 Å². The van der Waals surface area contributed by atoms with Crippen LogP contribution in [0.1, 0.15) is 31.4 Å². The smallest absolute Gasteiger partial charge is 0.313 e. The molecule has 1 aromatic heterocycles. The van der Waals surface area contributed by atoms with Crippen LogP contribution in [0.2, 0.25) is 0 Å². The molecule has 7 nitrogen and oxygen atoms in total. The number of hydrogen-bond acceptors (Lipinski definition) is 4. The van der Waals surface area contributed by atoms with Crippen molar-refractivity contribution in [1.29, 1.82) is 0 Å². The molecule has 1 aromatic carbocycles. The zero-order valence-corrected chi connectivity index (χ0v) is 16.2. The maximum absolute atomic E-state index is 12.5. The number of benzene rings is 1. The third kappa shape index (κ3) is 4.60. The minimum atomic E-state index is -0.732. The average Bonchev–Trinajstić information content (AvgIpc) is 3.20. The second-order valence-corrected chi connectivity index (χ2v) is 7.18. The van der Waals surface area contributed by atoms with Crippen LogP contribution in [0.25, 0.3) is 0 Å². The lowest BCUT2D eigenvalue weighted by Gasteiger charge is -2.31. The van der Waals surface area contributed by atoms with Gasteiger partial charge in [0.1, 0.15) is 0 Å². The summed E-state index contributed by atoms with van der Waals surface area (Å²) in [6, 6.07) is 7.25. The van der Waals surface area contributed by atoms with Crippen LogP contribution in [0.4, 0.5) is 11.4 Å². The van der Waals surface area contributed by atoms with E-state index in [-0.39, 0.29) is 11.8 Å². The summed E-state index contributed by atoms with van der Waals surface area (Å²) in [4.78, 5) is 38.4. The van der Waals surface area contributed by atoms with Crippen LogP contribution in [-0.2, 0) is 27.2 Å². The van der Waals surface area contributed by atoms with Crippen molar-refractivity contribution in [2.45, 2.75) is 33.1 Å². The number of amides is 3. The predicted molar refractivity (Wildman–Crippen MR) is 106 cm³/mol. The lowest BCUT2D eigenvalue weighted by Crippen LogP contribution is -2.38. The molecule has 3 rings (SSSR count). The molecule has 0 fully saturated rings. The van der Waals surface area contributed by atoms with Crippen LogP contribution in [0.15, 0.2) is 41.2 Å². The van der Waals surface area contributed by atoms with Crippen molar-refractivity contribution in [2.75, 3.05) is 23.3 Å². The number of aryl methyl sites for hydroxylation is 1. The molecule has 148 valence electrons. The van der Waals surface area contributed by atoms with Gasteiger partial charge >= 0.3 is 11.8 Å². The summed E-state index contributed by atoms with van der Waals surface area (Å²) in [5.41, 5.74) is 3.33. The third-order valence-corrected chi connectivity index (χ3v) is 4.71. The van der Waals surface area contributed by atoms with E-state index in [0.29, 0.717) is 25.2 Å². The highest BCUT2D eigenvalue weighted by molar-refractivity contribution is 6.39. The third-order valence-electron chi connectivity index (χ3n) is 4.71. The molecule has 0 atom stereocenters. The zero-order chi connectivity index (χ0) is 20.1. The van der Waals surface area contributed by atoms with Gasteiger partial charge < -0.3 is 20.0 Å². The fourth-order valence-corrected chi connectivity index (χ4v) is 3.22. The second kappa shape index (κ2) is 8.73. The molecular formula is C21H25N3O4. The van der Waals surface area contributed by atoms with E-state index in [1.54, 1.807) is 29.6 Å². The lowest BCUT2D eigenvalue weighted by molar-refractivity contribution is -0.136. The van der Waals surface area contributed by atoms with Crippen LogP contribution in [0.5, 0.6) is 0 Å². The largest absolute Gasteiger partial charge is 0.472 e. The van der Waals surface area contributed by atoms with Gasteiger partial charge in [0.05, 0.1) is 12.5 Å². The van der Waals surface area contributed by atoms with Gasteiger partial charge in [0.25, 0.3) is 0 Å². The zero-order valence-electron chi connectivity index (χ0n) is 16.2. The highest BCUT2D eigenvalue weighted by atomic mass is 16.3. The molecule has 0 saturated carbocycles. The average molecular weight is 383 g/mol. The van der Waals surface area contributed by atoms with Crippen molar-refractivity contribution in [3.63, 3.8) is 0 Å². The number of fused-ring (bicyclic) bond motifs is 1. The summed E-state index contributed by atoms with van der Waals surface area (Å²) in [5, 5.41) is 5.20. The molecular weight excluding hydrogens is 358 g/mol. The maximum atomic E-state index is 12.5. The van der Waals surface area contributed by atoms with Crippen LogP contribution in [-0.4, -0.2) is 30.8 Å². The Morgan fingerprint density at radius 1 is 1.18 bits per heavy atom. The van der Waals surface area contributed by atoms with Crippen molar-refractivity contribution in [3.05, 3.63) is 47.9 Å². The van der Waals surface area contributed by atoms with E-state index in [1.807, 2.05) is 26.0 Å². The Morgan fingerprint density at radius 3 is 2.71 bits per heavy atom. The summed E-state index contributed by atoms with van der Waals surface area (Å²) >= 11 is 0. The summed E-state index contributed by atoms with van der Waals surface area (Å²) in [7, 11) is 0. The van der Waals surface area contributed by atoms with Crippen LogP contribution >= 0.6 is 0 Å². The Bertz CT molecular complexity index is 859. The van der Waals surface area contributed by atoms with Crippen molar-refractivity contribution < 1.29 is 18.8 Å². The summed E-state index contributed by atoms with van der Waals surface area (Å²) < 4.78 is 4.96. The van der Waals surface area contributed by atoms with Gasteiger partial charge in [-0.05, 0) is 48.6 Å². The van der Waals surface area contributed by atoms with E-state index < -0.39 is 11.8 Å². The normalized spacial score (nSPS) is 13.2. The fourth-order valence-electron chi connectivity index (χ4n) is 3.22. The molecule has 0 radical (unpaired) electrons. The number of carbonyl (C=O) groups is 3. The van der Waals surface area contributed by atoms with Crippen molar-refractivity contribution in [1.82, 2.24) is 5.32 Å².